The standard InChI is InChI=1S/C20H21ClN4O3S/c1-24(12-13-4-7-17(21)22-11-13)18(26)14-5-6-15-16(10-14)23-20(29)25(19(15)27)8-3-9-28-2/h4-7,10-11H,3,8-9,12H2,1-2H3,(H,23,29). The van der Waals surface area contributed by atoms with Crippen LogP contribution in [0.15, 0.2) is 41.3 Å². The second kappa shape index (κ2) is 9.30. The van der Waals surface area contributed by atoms with Crippen LogP contribution < -0.4 is 5.56 Å². The number of carbonyl (C=O) groups is 1. The second-order valence-corrected chi connectivity index (χ2v) is 7.42. The van der Waals surface area contributed by atoms with Crippen molar-refractivity contribution in [3.05, 3.63) is 67.9 Å². The molecule has 1 N–H and O–H groups in total. The molecule has 152 valence electrons. The molecule has 0 aliphatic carbocycles. The fourth-order valence-electron chi connectivity index (χ4n) is 3.02. The van der Waals surface area contributed by atoms with Crippen molar-refractivity contribution in [2.24, 2.45) is 0 Å². The predicted octanol–water partition coefficient (Wildman–Crippen LogP) is 3.42. The van der Waals surface area contributed by atoms with E-state index < -0.39 is 0 Å². The third kappa shape index (κ3) is 4.90. The maximum absolute atomic E-state index is 12.8. The van der Waals surface area contributed by atoms with Crippen molar-refractivity contribution in [1.29, 1.82) is 0 Å². The molecule has 0 unspecified atom stereocenters. The molecule has 0 atom stereocenters. The molecule has 0 spiro atoms. The number of ether oxygens (including phenoxy) is 1. The molecule has 2 heterocycles. The lowest BCUT2D eigenvalue weighted by atomic mass is 10.1. The van der Waals surface area contributed by atoms with Gasteiger partial charge in [-0.05, 0) is 48.5 Å². The molecule has 3 aromatic rings. The highest BCUT2D eigenvalue weighted by Gasteiger charge is 2.14. The Morgan fingerprint density at radius 3 is 2.83 bits per heavy atom. The average molecular weight is 433 g/mol. The third-order valence-corrected chi connectivity index (χ3v) is 5.06. The molecule has 2 aromatic heterocycles. The number of methoxy groups -OCH3 is 1. The number of benzene rings is 1. The summed E-state index contributed by atoms with van der Waals surface area (Å²) in [7, 11) is 3.32. The quantitative estimate of drug-likeness (QED) is 0.351. The Morgan fingerprint density at radius 1 is 1.34 bits per heavy atom. The molecule has 3 rings (SSSR count). The van der Waals surface area contributed by atoms with Crippen LogP contribution in [0.5, 0.6) is 0 Å². The first-order chi connectivity index (χ1) is 13.9. The Morgan fingerprint density at radius 2 is 2.14 bits per heavy atom. The van der Waals surface area contributed by atoms with Crippen molar-refractivity contribution >= 4 is 40.6 Å². The number of aromatic amines is 1. The molecule has 0 bridgehead atoms. The van der Waals surface area contributed by atoms with Gasteiger partial charge in [0.2, 0.25) is 0 Å². The van der Waals surface area contributed by atoms with Crippen LogP contribution in [0.25, 0.3) is 10.9 Å². The minimum atomic E-state index is -0.181. The summed E-state index contributed by atoms with van der Waals surface area (Å²) in [4.78, 5) is 34.2. The highest BCUT2D eigenvalue weighted by molar-refractivity contribution is 7.71. The fraction of sp³-hybridized carbons (Fsp3) is 0.300. The lowest BCUT2D eigenvalue weighted by Gasteiger charge is -2.17. The van der Waals surface area contributed by atoms with Crippen molar-refractivity contribution in [3.8, 4) is 0 Å². The molecule has 0 aliphatic rings. The van der Waals surface area contributed by atoms with Crippen molar-refractivity contribution in [1.82, 2.24) is 19.4 Å². The number of fused-ring (bicyclic) bond motifs is 1. The third-order valence-electron chi connectivity index (χ3n) is 4.51. The molecule has 1 amide bonds. The smallest absolute Gasteiger partial charge is 0.262 e. The summed E-state index contributed by atoms with van der Waals surface area (Å²) < 4.78 is 6.87. The number of nitrogens with one attached hydrogen (secondary N) is 1. The van der Waals surface area contributed by atoms with Crippen LogP contribution in [0, 0.1) is 4.77 Å². The Hall–Kier alpha value is -2.55. The van der Waals surface area contributed by atoms with Gasteiger partial charge in [0, 0.05) is 45.6 Å². The van der Waals surface area contributed by atoms with E-state index in [-0.39, 0.29) is 11.5 Å². The Kier molecular flexibility index (Phi) is 6.79. The number of hydrogen-bond acceptors (Lipinski definition) is 5. The van der Waals surface area contributed by atoms with Gasteiger partial charge in [-0.2, -0.15) is 0 Å². The lowest BCUT2D eigenvalue weighted by Crippen LogP contribution is -2.27. The van der Waals surface area contributed by atoms with Crippen molar-refractivity contribution in [3.63, 3.8) is 0 Å². The summed E-state index contributed by atoms with van der Waals surface area (Å²) in [6.07, 6.45) is 2.32. The normalized spacial score (nSPS) is 11.0. The zero-order valence-corrected chi connectivity index (χ0v) is 17.7. The number of carbonyl (C=O) groups excluding carboxylic acids is 1. The zero-order chi connectivity index (χ0) is 21.0. The monoisotopic (exact) mass is 432 g/mol. The molecule has 0 fully saturated rings. The van der Waals surface area contributed by atoms with Gasteiger partial charge in [-0.1, -0.05) is 17.7 Å². The fourth-order valence-corrected chi connectivity index (χ4v) is 3.42. The SMILES string of the molecule is COCCCn1c(=S)[nH]c2cc(C(=O)N(C)Cc3ccc(Cl)nc3)ccc2c1=O. The zero-order valence-electron chi connectivity index (χ0n) is 16.1. The largest absolute Gasteiger partial charge is 0.385 e. The van der Waals surface area contributed by atoms with Crippen LogP contribution in [-0.2, 0) is 17.8 Å². The van der Waals surface area contributed by atoms with Crippen LogP contribution in [0.1, 0.15) is 22.3 Å². The van der Waals surface area contributed by atoms with Gasteiger partial charge in [0.05, 0.1) is 10.9 Å². The number of nitrogens with zero attached hydrogens (tertiary/aromatic N) is 3. The molecule has 0 saturated heterocycles. The van der Waals surface area contributed by atoms with E-state index in [1.54, 1.807) is 49.5 Å². The highest BCUT2D eigenvalue weighted by Crippen LogP contribution is 2.14. The minimum Gasteiger partial charge on any atom is -0.385 e. The first-order valence-corrected chi connectivity index (χ1v) is 9.81. The minimum absolute atomic E-state index is 0.176. The van der Waals surface area contributed by atoms with Crippen LogP contribution in [-0.4, -0.2) is 46.1 Å². The van der Waals surface area contributed by atoms with Crippen molar-refractivity contribution < 1.29 is 9.53 Å². The van der Waals surface area contributed by atoms with Gasteiger partial charge in [-0.25, -0.2) is 4.98 Å². The van der Waals surface area contributed by atoms with E-state index in [4.69, 9.17) is 28.6 Å². The summed E-state index contributed by atoms with van der Waals surface area (Å²) in [5, 5.41) is 0.887. The van der Waals surface area contributed by atoms with Gasteiger partial charge >= 0.3 is 0 Å². The number of hydrogen-bond donors (Lipinski definition) is 1. The molecule has 1 aromatic carbocycles. The van der Waals surface area contributed by atoms with Gasteiger partial charge in [0.15, 0.2) is 4.77 Å². The Labute approximate surface area is 177 Å². The molecule has 0 saturated carbocycles. The Bertz CT molecular complexity index is 1140. The maximum Gasteiger partial charge on any atom is 0.262 e. The second-order valence-electron chi connectivity index (χ2n) is 6.64. The summed E-state index contributed by atoms with van der Waals surface area (Å²) in [6, 6.07) is 8.47. The van der Waals surface area contributed by atoms with Crippen LogP contribution in [0.2, 0.25) is 5.15 Å². The van der Waals surface area contributed by atoms with Gasteiger partial charge in [-0.3, -0.25) is 14.2 Å². The first kappa shape index (κ1) is 21.2. The first-order valence-electron chi connectivity index (χ1n) is 9.02. The van der Waals surface area contributed by atoms with E-state index >= 15 is 0 Å². The van der Waals surface area contributed by atoms with Gasteiger partial charge in [-0.15, -0.1) is 0 Å². The lowest BCUT2D eigenvalue weighted by molar-refractivity contribution is 0.0785. The van der Waals surface area contributed by atoms with Gasteiger partial charge in [0.25, 0.3) is 11.5 Å². The maximum atomic E-state index is 12.8. The van der Waals surface area contributed by atoms with Crippen molar-refractivity contribution in [2.45, 2.75) is 19.5 Å². The summed E-state index contributed by atoms with van der Waals surface area (Å²) in [6.45, 7) is 1.40. The van der Waals surface area contributed by atoms with E-state index in [9.17, 15) is 9.59 Å². The van der Waals surface area contributed by atoms with Crippen LogP contribution >= 0.6 is 23.8 Å². The molecule has 29 heavy (non-hydrogen) atoms. The van der Waals surface area contributed by atoms with Gasteiger partial charge < -0.3 is 14.6 Å². The van der Waals surface area contributed by atoms with E-state index in [1.807, 2.05) is 6.07 Å². The topological polar surface area (TPSA) is 80.2 Å². The summed E-state index contributed by atoms with van der Waals surface area (Å²) in [5.41, 5.74) is 1.68. The van der Waals surface area contributed by atoms with Gasteiger partial charge in [0.1, 0.15) is 5.15 Å². The molecular formula is C20H21ClN4O3S. The molecule has 0 aliphatic heterocycles. The van der Waals surface area contributed by atoms with E-state index in [0.29, 0.717) is 52.5 Å². The molecule has 7 nitrogen and oxygen atoms in total. The van der Waals surface area contributed by atoms with Crippen molar-refractivity contribution in [2.75, 3.05) is 20.8 Å². The summed E-state index contributed by atoms with van der Waals surface area (Å²) >= 11 is 11.1. The van der Waals surface area contributed by atoms with Crippen LogP contribution in [0.4, 0.5) is 0 Å². The van der Waals surface area contributed by atoms with E-state index in [0.717, 1.165) is 5.56 Å². The number of halogens is 1. The predicted molar refractivity (Wildman–Crippen MR) is 115 cm³/mol. The van der Waals surface area contributed by atoms with E-state index in [1.165, 1.54) is 4.57 Å². The number of aromatic nitrogens is 3. The number of pyridine rings is 1. The highest BCUT2D eigenvalue weighted by atomic mass is 35.5. The number of amides is 1. The number of H-pyrrole nitrogens is 1. The van der Waals surface area contributed by atoms with Crippen LogP contribution in [0.3, 0.4) is 0 Å². The molecule has 0 radical (unpaired) electrons. The number of rotatable bonds is 7. The summed E-state index contributed by atoms with van der Waals surface area (Å²) in [5.74, 6) is -0.176. The average Bonchev–Trinajstić information content (AvgIpc) is 2.71. The van der Waals surface area contributed by atoms with E-state index in [2.05, 4.69) is 9.97 Å². The molecular weight excluding hydrogens is 412 g/mol. The molecule has 9 heteroatoms. The Balaban J connectivity index is 1.85.